The van der Waals surface area contributed by atoms with Gasteiger partial charge >= 0.3 is 0 Å². The van der Waals surface area contributed by atoms with Gasteiger partial charge in [-0.25, -0.2) is 4.39 Å². The van der Waals surface area contributed by atoms with E-state index in [1.165, 1.54) is 34.8 Å². The quantitative estimate of drug-likeness (QED) is 0.807. The Morgan fingerprint density at radius 2 is 1.74 bits per heavy atom. The van der Waals surface area contributed by atoms with Crippen LogP contribution >= 0.6 is 0 Å². The van der Waals surface area contributed by atoms with Gasteiger partial charge in [0.05, 0.1) is 0 Å². The van der Waals surface area contributed by atoms with Crippen LogP contribution in [0, 0.1) is 5.82 Å². The molecule has 2 N–H and O–H groups in total. The summed E-state index contributed by atoms with van der Waals surface area (Å²) in [6, 6.07) is 5.77. The summed E-state index contributed by atoms with van der Waals surface area (Å²) in [5, 5.41) is 0. The molecule has 0 heterocycles. The predicted molar refractivity (Wildman–Crippen MR) is 73.1 cm³/mol. The highest BCUT2D eigenvalue weighted by Gasteiger charge is 2.23. The first-order valence-corrected chi connectivity index (χ1v) is 7.39. The van der Waals surface area contributed by atoms with Gasteiger partial charge in [-0.1, -0.05) is 12.1 Å². The third kappa shape index (κ3) is 4.54. The molecule has 1 rings (SSSR count). The van der Waals surface area contributed by atoms with Crippen LogP contribution in [0.15, 0.2) is 24.3 Å². The maximum atomic E-state index is 12.8. The van der Waals surface area contributed by atoms with Crippen molar-refractivity contribution in [3.63, 3.8) is 0 Å². The van der Waals surface area contributed by atoms with Crippen molar-refractivity contribution >= 4 is 10.2 Å². The average molecular weight is 289 g/mol. The van der Waals surface area contributed by atoms with E-state index < -0.39 is 10.2 Å². The summed E-state index contributed by atoms with van der Waals surface area (Å²) in [5.41, 5.74) is 6.10. The lowest BCUT2D eigenvalue weighted by molar-refractivity contribution is 0.387. The fraction of sp³-hybridized carbons (Fsp3) is 0.500. The smallest absolute Gasteiger partial charge is 0.281 e. The zero-order valence-corrected chi connectivity index (χ0v) is 12.0. The summed E-state index contributed by atoms with van der Waals surface area (Å²) in [6.07, 6.45) is 0.611. The zero-order valence-electron chi connectivity index (χ0n) is 11.2. The van der Waals surface area contributed by atoms with E-state index in [2.05, 4.69) is 0 Å². The second kappa shape index (κ2) is 6.95. The molecule has 0 amide bonds. The summed E-state index contributed by atoms with van der Waals surface area (Å²) in [4.78, 5) is 0. The minimum absolute atomic E-state index is 0.204. The zero-order chi connectivity index (χ0) is 14.5. The van der Waals surface area contributed by atoms with Crippen LogP contribution in [0.1, 0.15) is 12.0 Å². The first kappa shape index (κ1) is 16.0. The molecule has 108 valence electrons. The molecule has 5 nitrogen and oxygen atoms in total. The van der Waals surface area contributed by atoms with Crippen LogP contribution < -0.4 is 5.73 Å². The van der Waals surface area contributed by atoms with Gasteiger partial charge in [0.1, 0.15) is 5.82 Å². The standard InChI is InChI=1S/C12H20FN3O2S/c1-15(9-3-8-14)19(17,18)16(2)10-11-4-6-12(13)7-5-11/h4-7H,3,8-10,14H2,1-2H3. The monoisotopic (exact) mass is 289 g/mol. The number of nitrogens with zero attached hydrogens (tertiary/aromatic N) is 2. The molecule has 7 heteroatoms. The molecule has 0 saturated heterocycles. The van der Waals surface area contributed by atoms with Crippen LogP contribution in [0.3, 0.4) is 0 Å². The van der Waals surface area contributed by atoms with Crippen molar-refractivity contribution in [1.29, 1.82) is 0 Å². The number of hydrogen-bond donors (Lipinski definition) is 1. The molecule has 0 atom stereocenters. The van der Waals surface area contributed by atoms with Crippen LogP contribution in [0.5, 0.6) is 0 Å². The van der Waals surface area contributed by atoms with Crippen molar-refractivity contribution in [2.24, 2.45) is 5.73 Å². The van der Waals surface area contributed by atoms with Gasteiger partial charge in [-0.2, -0.15) is 17.0 Å². The molecule has 0 spiro atoms. The Labute approximate surface area is 114 Å². The van der Waals surface area contributed by atoms with Crippen LogP contribution in [-0.2, 0) is 16.8 Å². The van der Waals surface area contributed by atoms with E-state index in [1.54, 1.807) is 12.1 Å². The van der Waals surface area contributed by atoms with E-state index in [0.717, 1.165) is 5.56 Å². The summed E-state index contributed by atoms with van der Waals surface area (Å²) in [5.74, 6) is -0.339. The summed E-state index contributed by atoms with van der Waals surface area (Å²) in [6.45, 7) is 1.03. The van der Waals surface area contributed by atoms with Gasteiger partial charge in [0, 0.05) is 27.2 Å². The molecule has 19 heavy (non-hydrogen) atoms. The second-order valence-corrected chi connectivity index (χ2v) is 6.50. The first-order valence-electron chi connectivity index (χ1n) is 6.00. The van der Waals surface area contributed by atoms with E-state index in [9.17, 15) is 12.8 Å². The maximum Gasteiger partial charge on any atom is 0.281 e. The summed E-state index contributed by atoms with van der Waals surface area (Å²) >= 11 is 0. The highest BCUT2D eigenvalue weighted by molar-refractivity contribution is 7.86. The topological polar surface area (TPSA) is 66.6 Å². The van der Waals surface area contributed by atoms with Gasteiger partial charge in [0.25, 0.3) is 10.2 Å². The number of rotatable bonds is 7. The lowest BCUT2D eigenvalue weighted by Gasteiger charge is -2.24. The normalized spacial score (nSPS) is 12.3. The van der Waals surface area contributed by atoms with E-state index >= 15 is 0 Å². The van der Waals surface area contributed by atoms with Crippen molar-refractivity contribution < 1.29 is 12.8 Å². The van der Waals surface area contributed by atoms with Gasteiger partial charge in [0.2, 0.25) is 0 Å². The molecule has 0 unspecified atom stereocenters. The van der Waals surface area contributed by atoms with Gasteiger partial charge in [-0.3, -0.25) is 0 Å². The van der Waals surface area contributed by atoms with Crippen molar-refractivity contribution in [3.05, 3.63) is 35.6 Å². The van der Waals surface area contributed by atoms with Crippen LogP contribution in [0.4, 0.5) is 4.39 Å². The number of benzene rings is 1. The average Bonchev–Trinajstić information content (AvgIpc) is 2.38. The Hall–Kier alpha value is -1.02. The molecule has 0 radical (unpaired) electrons. The lowest BCUT2D eigenvalue weighted by Crippen LogP contribution is -2.40. The van der Waals surface area contributed by atoms with E-state index in [0.29, 0.717) is 19.5 Å². The molecule has 0 saturated carbocycles. The second-order valence-electron chi connectivity index (χ2n) is 4.35. The Kier molecular flexibility index (Phi) is 5.86. The molecule has 0 fully saturated rings. The molecular formula is C12H20FN3O2S. The van der Waals surface area contributed by atoms with Gasteiger partial charge in [0.15, 0.2) is 0 Å². The highest BCUT2D eigenvalue weighted by Crippen LogP contribution is 2.11. The molecule has 1 aromatic rings. The predicted octanol–water partition coefficient (Wildman–Crippen LogP) is 0.783. The maximum absolute atomic E-state index is 12.8. The third-order valence-electron chi connectivity index (χ3n) is 2.78. The third-order valence-corrected chi connectivity index (χ3v) is 4.67. The number of hydrogen-bond acceptors (Lipinski definition) is 3. The summed E-state index contributed by atoms with van der Waals surface area (Å²) < 4.78 is 39.6. The SMILES string of the molecule is CN(CCCN)S(=O)(=O)N(C)Cc1ccc(F)cc1. The molecule has 0 aliphatic rings. The van der Waals surface area contributed by atoms with Crippen molar-refractivity contribution in [3.8, 4) is 0 Å². The van der Waals surface area contributed by atoms with E-state index in [4.69, 9.17) is 5.73 Å². The number of nitrogens with two attached hydrogens (primary N) is 1. The summed E-state index contributed by atoms with van der Waals surface area (Å²) in [7, 11) is -0.485. The van der Waals surface area contributed by atoms with E-state index in [-0.39, 0.29) is 12.4 Å². The number of halogens is 1. The fourth-order valence-electron chi connectivity index (χ4n) is 1.60. The Balaban J connectivity index is 2.70. The van der Waals surface area contributed by atoms with Crippen molar-refractivity contribution in [1.82, 2.24) is 8.61 Å². The lowest BCUT2D eigenvalue weighted by atomic mass is 10.2. The minimum atomic E-state index is -3.50. The highest BCUT2D eigenvalue weighted by atomic mass is 32.2. The minimum Gasteiger partial charge on any atom is -0.330 e. The fourth-order valence-corrected chi connectivity index (χ4v) is 2.74. The molecule has 0 aliphatic heterocycles. The van der Waals surface area contributed by atoms with Crippen LogP contribution in [0.25, 0.3) is 0 Å². The molecular weight excluding hydrogens is 269 g/mol. The Bertz CT molecular complexity index is 490. The molecule has 1 aromatic carbocycles. The van der Waals surface area contributed by atoms with Gasteiger partial charge < -0.3 is 5.73 Å². The molecule has 0 aromatic heterocycles. The van der Waals surface area contributed by atoms with E-state index in [1.807, 2.05) is 0 Å². The largest absolute Gasteiger partial charge is 0.330 e. The van der Waals surface area contributed by atoms with Crippen LogP contribution in [0.2, 0.25) is 0 Å². The Morgan fingerprint density at radius 1 is 1.16 bits per heavy atom. The molecule has 0 aliphatic carbocycles. The Morgan fingerprint density at radius 3 is 2.26 bits per heavy atom. The van der Waals surface area contributed by atoms with Crippen LogP contribution in [-0.4, -0.2) is 44.2 Å². The van der Waals surface area contributed by atoms with Crippen molar-refractivity contribution in [2.45, 2.75) is 13.0 Å². The first-order chi connectivity index (χ1) is 8.87. The van der Waals surface area contributed by atoms with Gasteiger partial charge in [-0.15, -0.1) is 0 Å². The molecule has 0 bridgehead atoms. The van der Waals surface area contributed by atoms with Gasteiger partial charge in [-0.05, 0) is 30.7 Å². The van der Waals surface area contributed by atoms with Crippen molar-refractivity contribution in [2.75, 3.05) is 27.2 Å².